The van der Waals surface area contributed by atoms with Crippen LogP contribution in [0, 0.1) is 5.92 Å². The van der Waals surface area contributed by atoms with E-state index in [1.165, 1.54) is 38.5 Å². The quantitative estimate of drug-likeness (QED) is 0.798. The van der Waals surface area contributed by atoms with Crippen molar-refractivity contribution in [2.24, 2.45) is 5.92 Å². The molecule has 1 N–H and O–H groups in total. The molecule has 0 spiro atoms. The zero-order valence-corrected chi connectivity index (χ0v) is 10.9. The minimum atomic E-state index is -0.0283. The molecular weight excluding hydrogens is 198 g/mol. The van der Waals surface area contributed by atoms with E-state index in [1.807, 2.05) is 0 Å². The molecule has 2 heteroatoms. The van der Waals surface area contributed by atoms with Crippen molar-refractivity contribution in [3.8, 4) is 0 Å². The van der Waals surface area contributed by atoms with E-state index in [0.717, 1.165) is 24.8 Å². The molecule has 2 unspecified atom stereocenters. The summed E-state index contributed by atoms with van der Waals surface area (Å²) in [5.41, 5.74) is 0. The normalized spacial score (nSPS) is 40.5. The first kappa shape index (κ1) is 12.4. The molecule has 0 aromatic carbocycles. The van der Waals surface area contributed by atoms with Crippen LogP contribution in [-0.2, 0) is 0 Å². The van der Waals surface area contributed by atoms with Crippen molar-refractivity contribution in [1.82, 2.24) is 4.90 Å². The van der Waals surface area contributed by atoms with Gasteiger partial charge in [-0.2, -0.15) is 0 Å². The smallest absolute Gasteiger partial charge is 0.0555 e. The topological polar surface area (TPSA) is 23.5 Å². The van der Waals surface area contributed by atoms with Crippen LogP contribution >= 0.6 is 0 Å². The summed E-state index contributed by atoms with van der Waals surface area (Å²) < 4.78 is 0. The van der Waals surface area contributed by atoms with Gasteiger partial charge in [-0.05, 0) is 57.9 Å². The van der Waals surface area contributed by atoms with Gasteiger partial charge in [0.05, 0.1) is 6.10 Å². The molecule has 2 aliphatic rings. The van der Waals surface area contributed by atoms with E-state index in [9.17, 15) is 5.11 Å². The van der Waals surface area contributed by atoms with Crippen molar-refractivity contribution in [2.45, 2.75) is 76.5 Å². The molecule has 0 aliphatic heterocycles. The average Bonchev–Trinajstić information content (AvgIpc) is 2.75. The zero-order chi connectivity index (χ0) is 11.5. The second-order valence-electron chi connectivity index (χ2n) is 5.87. The molecular formula is C14H27NO. The first-order valence-electron chi connectivity index (χ1n) is 7.10. The van der Waals surface area contributed by atoms with E-state index < -0.39 is 0 Å². The van der Waals surface area contributed by atoms with E-state index in [0.29, 0.717) is 6.04 Å². The first-order chi connectivity index (χ1) is 7.70. The Morgan fingerprint density at radius 3 is 2.12 bits per heavy atom. The number of nitrogens with zero attached hydrogens (tertiary/aromatic N) is 1. The van der Waals surface area contributed by atoms with Crippen LogP contribution in [0.4, 0.5) is 0 Å². The molecule has 0 aromatic heterocycles. The van der Waals surface area contributed by atoms with E-state index in [-0.39, 0.29) is 6.10 Å². The standard InChI is InChI=1S/C14H27NO/c1-3-11-4-6-12(7-5-11)15(2)13-8-9-14(16)10-13/h11-14,16H,3-10H2,1-2H3. The monoisotopic (exact) mass is 225 g/mol. The summed E-state index contributed by atoms with van der Waals surface area (Å²) in [5, 5.41) is 9.60. The van der Waals surface area contributed by atoms with Gasteiger partial charge in [0.15, 0.2) is 0 Å². The highest BCUT2D eigenvalue weighted by molar-refractivity contribution is 4.86. The van der Waals surface area contributed by atoms with Crippen molar-refractivity contribution < 1.29 is 5.11 Å². The predicted molar refractivity (Wildman–Crippen MR) is 67.4 cm³/mol. The third-order valence-electron chi connectivity index (χ3n) is 4.92. The lowest BCUT2D eigenvalue weighted by Gasteiger charge is -2.37. The SMILES string of the molecule is CCC1CCC(N(C)C2CCC(O)C2)CC1. The molecule has 2 nitrogen and oxygen atoms in total. The lowest BCUT2D eigenvalue weighted by atomic mass is 9.83. The van der Waals surface area contributed by atoms with E-state index in [1.54, 1.807) is 0 Å². The lowest BCUT2D eigenvalue weighted by molar-refractivity contribution is 0.107. The van der Waals surface area contributed by atoms with Crippen LogP contribution in [0.5, 0.6) is 0 Å². The molecule has 2 aliphatic carbocycles. The Labute approximate surface area is 100 Å². The highest BCUT2D eigenvalue weighted by atomic mass is 16.3. The molecule has 2 fully saturated rings. The summed E-state index contributed by atoms with van der Waals surface area (Å²) in [7, 11) is 2.28. The Bertz CT molecular complexity index is 211. The Hall–Kier alpha value is -0.0800. The Balaban J connectivity index is 1.79. The van der Waals surface area contributed by atoms with Crippen molar-refractivity contribution in [1.29, 1.82) is 0 Å². The van der Waals surface area contributed by atoms with Gasteiger partial charge in [0.25, 0.3) is 0 Å². The van der Waals surface area contributed by atoms with Crippen LogP contribution in [0.15, 0.2) is 0 Å². The van der Waals surface area contributed by atoms with Gasteiger partial charge in [-0.15, -0.1) is 0 Å². The van der Waals surface area contributed by atoms with Crippen LogP contribution < -0.4 is 0 Å². The fourth-order valence-electron chi connectivity index (χ4n) is 3.56. The highest BCUT2D eigenvalue weighted by Gasteiger charge is 2.31. The highest BCUT2D eigenvalue weighted by Crippen LogP contribution is 2.32. The van der Waals surface area contributed by atoms with Gasteiger partial charge in [0, 0.05) is 12.1 Å². The molecule has 0 heterocycles. The minimum absolute atomic E-state index is 0.0283. The summed E-state index contributed by atoms with van der Waals surface area (Å²) in [6, 6.07) is 1.44. The molecule has 2 saturated carbocycles. The van der Waals surface area contributed by atoms with Gasteiger partial charge in [-0.3, -0.25) is 0 Å². The van der Waals surface area contributed by atoms with Crippen molar-refractivity contribution >= 4 is 0 Å². The molecule has 0 aromatic rings. The van der Waals surface area contributed by atoms with Gasteiger partial charge < -0.3 is 10.0 Å². The molecule has 2 rings (SSSR count). The second-order valence-corrected chi connectivity index (χ2v) is 5.87. The van der Waals surface area contributed by atoms with Gasteiger partial charge in [0.2, 0.25) is 0 Å². The fraction of sp³-hybridized carbons (Fsp3) is 1.00. The molecule has 16 heavy (non-hydrogen) atoms. The molecule has 0 radical (unpaired) electrons. The second kappa shape index (κ2) is 5.50. The largest absolute Gasteiger partial charge is 0.393 e. The number of rotatable bonds is 3. The van der Waals surface area contributed by atoms with Crippen LogP contribution in [0.2, 0.25) is 0 Å². The van der Waals surface area contributed by atoms with Gasteiger partial charge in [-0.1, -0.05) is 13.3 Å². The maximum atomic E-state index is 9.60. The molecule has 2 atom stereocenters. The fourth-order valence-corrected chi connectivity index (χ4v) is 3.56. The Morgan fingerprint density at radius 2 is 1.62 bits per heavy atom. The average molecular weight is 225 g/mol. The lowest BCUT2D eigenvalue weighted by Crippen LogP contribution is -2.41. The summed E-state index contributed by atoms with van der Waals surface area (Å²) in [4.78, 5) is 2.57. The van der Waals surface area contributed by atoms with Crippen LogP contribution in [0.25, 0.3) is 0 Å². The van der Waals surface area contributed by atoms with Gasteiger partial charge in [0.1, 0.15) is 0 Å². The summed E-state index contributed by atoms with van der Waals surface area (Å²) in [6.45, 7) is 2.32. The number of hydrogen-bond acceptors (Lipinski definition) is 2. The summed E-state index contributed by atoms with van der Waals surface area (Å²) in [6.07, 6.45) is 10.1. The number of hydrogen-bond donors (Lipinski definition) is 1. The predicted octanol–water partition coefficient (Wildman–Crippen LogP) is 2.80. The Morgan fingerprint density at radius 1 is 1.00 bits per heavy atom. The summed E-state index contributed by atoms with van der Waals surface area (Å²) in [5.74, 6) is 0.985. The maximum Gasteiger partial charge on any atom is 0.0555 e. The molecule has 0 bridgehead atoms. The van der Waals surface area contributed by atoms with Crippen molar-refractivity contribution in [2.75, 3.05) is 7.05 Å². The first-order valence-corrected chi connectivity index (χ1v) is 7.10. The van der Waals surface area contributed by atoms with E-state index in [4.69, 9.17) is 0 Å². The van der Waals surface area contributed by atoms with Crippen molar-refractivity contribution in [3.63, 3.8) is 0 Å². The van der Waals surface area contributed by atoms with Gasteiger partial charge >= 0.3 is 0 Å². The van der Waals surface area contributed by atoms with Crippen LogP contribution in [0.1, 0.15) is 58.3 Å². The molecule has 94 valence electrons. The van der Waals surface area contributed by atoms with E-state index >= 15 is 0 Å². The van der Waals surface area contributed by atoms with Crippen LogP contribution in [-0.4, -0.2) is 35.2 Å². The third kappa shape index (κ3) is 2.78. The van der Waals surface area contributed by atoms with E-state index in [2.05, 4.69) is 18.9 Å². The number of aliphatic hydroxyl groups excluding tert-OH is 1. The number of aliphatic hydroxyl groups is 1. The third-order valence-corrected chi connectivity index (χ3v) is 4.92. The summed E-state index contributed by atoms with van der Waals surface area (Å²) >= 11 is 0. The molecule has 0 saturated heterocycles. The maximum absolute atomic E-state index is 9.60. The molecule has 0 amide bonds. The zero-order valence-electron chi connectivity index (χ0n) is 10.9. The minimum Gasteiger partial charge on any atom is -0.393 e. The van der Waals surface area contributed by atoms with Crippen LogP contribution in [0.3, 0.4) is 0 Å². The van der Waals surface area contributed by atoms with Gasteiger partial charge in [-0.25, -0.2) is 0 Å². The van der Waals surface area contributed by atoms with Crippen molar-refractivity contribution in [3.05, 3.63) is 0 Å². The Kier molecular flexibility index (Phi) is 4.26.